The lowest BCUT2D eigenvalue weighted by atomic mass is 9.93. The van der Waals surface area contributed by atoms with Gasteiger partial charge in [0.05, 0.1) is 0 Å². The first-order chi connectivity index (χ1) is 9.20. The van der Waals surface area contributed by atoms with Crippen LogP contribution >= 0.6 is 12.4 Å². The van der Waals surface area contributed by atoms with Gasteiger partial charge in [0.1, 0.15) is 0 Å². The molecule has 20 heavy (non-hydrogen) atoms. The van der Waals surface area contributed by atoms with Crippen LogP contribution in [-0.2, 0) is 11.3 Å². The zero-order valence-electron chi connectivity index (χ0n) is 11.8. The molecule has 0 spiro atoms. The van der Waals surface area contributed by atoms with Gasteiger partial charge < -0.3 is 15.8 Å². The van der Waals surface area contributed by atoms with E-state index in [1.807, 2.05) is 24.3 Å². The van der Waals surface area contributed by atoms with Gasteiger partial charge in [0.25, 0.3) is 5.91 Å². The maximum Gasteiger partial charge on any atom is 0.251 e. The van der Waals surface area contributed by atoms with Gasteiger partial charge in [0.15, 0.2) is 0 Å². The normalized spacial score (nSPS) is 17.1. The van der Waals surface area contributed by atoms with E-state index in [4.69, 9.17) is 10.5 Å². The van der Waals surface area contributed by atoms with Crippen molar-refractivity contribution in [3.8, 4) is 0 Å². The van der Waals surface area contributed by atoms with Gasteiger partial charge in [0, 0.05) is 31.4 Å². The van der Waals surface area contributed by atoms with Crippen LogP contribution in [0.15, 0.2) is 24.3 Å². The SMILES string of the molecule is CC(NC(=O)c1ccc(CN)cc1)C1CCOCC1.Cl. The van der Waals surface area contributed by atoms with Crippen LogP contribution in [0, 0.1) is 5.92 Å². The van der Waals surface area contributed by atoms with Crippen LogP contribution in [0.25, 0.3) is 0 Å². The zero-order chi connectivity index (χ0) is 13.7. The van der Waals surface area contributed by atoms with E-state index >= 15 is 0 Å². The van der Waals surface area contributed by atoms with E-state index in [0.29, 0.717) is 18.0 Å². The Balaban J connectivity index is 0.00000200. The number of rotatable bonds is 4. The Morgan fingerprint density at radius 3 is 2.50 bits per heavy atom. The summed E-state index contributed by atoms with van der Waals surface area (Å²) in [6, 6.07) is 7.63. The van der Waals surface area contributed by atoms with E-state index in [1.54, 1.807) is 0 Å². The Hall–Kier alpha value is -1.10. The first kappa shape index (κ1) is 17.0. The molecule has 0 aliphatic carbocycles. The average Bonchev–Trinajstić information content (AvgIpc) is 2.48. The third kappa shape index (κ3) is 4.47. The van der Waals surface area contributed by atoms with E-state index in [1.165, 1.54) is 0 Å². The molecule has 1 atom stereocenters. The fraction of sp³-hybridized carbons (Fsp3) is 0.533. The van der Waals surface area contributed by atoms with Crippen molar-refractivity contribution in [2.24, 2.45) is 11.7 Å². The number of hydrogen-bond acceptors (Lipinski definition) is 3. The molecule has 2 rings (SSSR count). The molecule has 4 nitrogen and oxygen atoms in total. The largest absolute Gasteiger partial charge is 0.381 e. The topological polar surface area (TPSA) is 64.4 Å². The summed E-state index contributed by atoms with van der Waals surface area (Å²) in [4.78, 5) is 12.1. The highest BCUT2D eigenvalue weighted by Gasteiger charge is 2.22. The average molecular weight is 299 g/mol. The first-order valence-electron chi connectivity index (χ1n) is 6.88. The van der Waals surface area contributed by atoms with Crippen molar-refractivity contribution in [3.63, 3.8) is 0 Å². The number of carbonyl (C=O) groups is 1. The lowest BCUT2D eigenvalue weighted by Gasteiger charge is -2.28. The van der Waals surface area contributed by atoms with Crippen LogP contribution in [0.2, 0.25) is 0 Å². The molecule has 1 aromatic carbocycles. The van der Waals surface area contributed by atoms with Gasteiger partial charge >= 0.3 is 0 Å². The molecule has 1 heterocycles. The molecular weight excluding hydrogens is 276 g/mol. The fourth-order valence-electron chi connectivity index (χ4n) is 2.42. The van der Waals surface area contributed by atoms with Crippen molar-refractivity contribution in [3.05, 3.63) is 35.4 Å². The zero-order valence-corrected chi connectivity index (χ0v) is 12.6. The van der Waals surface area contributed by atoms with Gasteiger partial charge in [-0.15, -0.1) is 12.4 Å². The predicted molar refractivity (Wildman–Crippen MR) is 82.1 cm³/mol. The van der Waals surface area contributed by atoms with Crippen molar-refractivity contribution in [1.82, 2.24) is 5.32 Å². The molecule has 1 amide bonds. The van der Waals surface area contributed by atoms with Crippen LogP contribution in [0.3, 0.4) is 0 Å². The molecule has 1 unspecified atom stereocenters. The summed E-state index contributed by atoms with van der Waals surface area (Å²) in [6.07, 6.45) is 2.04. The van der Waals surface area contributed by atoms with E-state index in [-0.39, 0.29) is 24.4 Å². The molecule has 112 valence electrons. The minimum absolute atomic E-state index is 0. The summed E-state index contributed by atoms with van der Waals surface area (Å²) in [5, 5.41) is 3.08. The molecule has 3 N–H and O–H groups in total. The predicted octanol–water partition coefficient (Wildman–Crippen LogP) is 2.11. The highest BCUT2D eigenvalue weighted by Crippen LogP contribution is 2.18. The third-order valence-corrected chi connectivity index (χ3v) is 3.78. The van der Waals surface area contributed by atoms with E-state index in [2.05, 4.69) is 12.2 Å². The highest BCUT2D eigenvalue weighted by atomic mass is 35.5. The Bertz CT molecular complexity index is 416. The first-order valence-corrected chi connectivity index (χ1v) is 6.88. The Morgan fingerprint density at radius 2 is 1.95 bits per heavy atom. The number of nitrogens with two attached hydrogens (primary N) is 1. The second-order valence-corrected chi connectivity index (χ2v) is 5.11. The number of halogens is 1. The van der Waals surface area contributed by atoms with Gasteiger partial charge in [0.2, 0.25) is 0 Å². The highest BCUT2D eigenvalue weighted by molar-refractivity contribution is 5.94. The molecule has 1 aliphatic rings. The van der Waals surface area contributed by atoms with Crippen LogP contribution in [0.1, 0.15) is 35.7 Å². The molecular formula is C15H23ClN2O2. The summed E-state index contributed by atoms with van der Waals surface area (Å²) >= 11 is 0. The molecule has 0 bridgehead atoms. The van der Waals surface area contributed by atoms with Gasteiger partial charge in [-0.25, -0.2) is 0 Å². The second-order valence-electron chi connectivity index (χ2n) is 5.11. The molecule has 1 aromatic rings. The van der Waals surface area contributed by atoms with E-state index < -0.39 is 0 Å². The molecule has 1 fully saturated rings. The summed E-state index contributed by atoms with van der Waals surface area (Å²) in [5.41, 5.74) is 7.27. The van der Waals surface area contributed by atoms with Crippen LogP contribution in [0.5, 0.6) is 0 Å². The summed E-state index contributed by atoms with van der Waals surface area (Å²) < 4.78 is 5.34. The van der Waals surface area contributed by atoms with Crippen molar-refractivity contribution in [1.29, 1.82) is 0 Å². The quantitative estimate of drug-likeness (QED) is 0.895. The summed E-state index contributed by atoms with van der Waals surface area (Å²) in [5.74, 6) is 0.503. The smallest absolute Gasteiger partial charge is 0.251 e. The number of nitrogens with one attached hydrogen (secondary N) is 1. The lowest BCUT2D eigenvalue weighted by molar-refractivity contribution is 0.0538. The number of benzene rings is 1. The molecule has 1 aliphatic heterocycles. The van der Waals surface area contributed by atoms with Crippen LogP contribution < -0.4 is 11.1 Å². The van der Waals surface area contributed by atoms with E-state index in [0.717, 1.165) is 31.6 Å². The number of ether oxygens (including phenoxy) is 1. The van der Waals surface area contributed by atoms with Crippen molar-refractivity contribution in [2.45, 2.75) is 32.4 Å². The van der Waals surface area contributed by atoms with Gasteiger partial charge in [-0.2, -0.15) is 0 Å². The fourth-order valence-corrected chi connectivity index (χ4v) is 2.42. The lowest BCUT2D eigenvalue weighted by Crippen LogP contribution is -2.40. The van der Waals surface area contributed by atoms with Gasteiger partial charge in [-0.3, -0.25) is 4.79 Å². The number of carbonyl (C=O) groups excluding carboxylic acids is 1. The molecule has 0 radical (unpaired) electrons. The second kappa shape index (κ2) is 8.25. The molecule has 0 saturated carbocycles. The van der Waals surface area contributed by atoms with Gasteiger partial charge in [-0.05, 0) is 43.4 Å². The number of hydrogen-bond donors (Lipinski definition) is 2. The maximum atomic E-state index is 12.1. The van der Waals surface area contributed by atoms with Crippen molar-refractivity contribution < 1.29 is 9.53 Å². The van der Waals surface area contributed by atoms with Crippen LogP contribution in [-0.4, -0.2) is 25.2 Å². The van der Waals surface area contributed by atoms with Crippen LogP contribution in [0.4, 0.5) is 0 Å². The Kier molecular flexibility index (Phi) is 6.99. The standard InChI is InChI=1S/C15H22N2O2.ClH/c1-11(13-6-8-19-9-7-13)17-15(18)14-4-2-12(10-16)3-5-14;/h2-5,11,13H,6-10,16H2,1H3,(H,17,18);1H. The summed E-state index contributed by atoms with van der Waals surface area (Å²) in [7, 11) is 0. The maximum absolute atomic E-state index is 12.1. The molecule has 0 aromatic heterocycles. The molecule has 1 saturated heterocycles. The summed E-state index contributed by atoms with van der Waals surface area (Å²) in [6.45, 7) is 4.18. The minimum atomic E-state index is -0.0115. The monoisotopic (exact) mass is 298 g/mol. The molecule has 5 heteroatoms. The van der Waals surface area contributed by atoms with E-state index in [9.17, 15) is 4.79 Å². The van der Waals surface area contributed by atoms with Crippen molar-refractivity contribution in [2.75, 3.05) is 13.2 Å². The van der Waals surface area contributed by atoms with Crippen molar-refractivity contribution >= 4 is 18.3 Å². The Labute approximate surface area is 126 Å². The third-order valence-electron chi connectivity index (χ3n) is 3.78. The van der Waals surface area contributed by atoms with Gasteiger partial charge in [-0.1, -0.05) is 12.1 Å². The minimum Gasteiger partial charge on any atom is -0.381 e. The number of amides is 1. The Morgan fingerprint density at radius 1 is 1.35 bits per heavy atom.